The van der Waals surface area contributed by atoms with Crippen molar-refractivity contribution in [3.05, 3.63) is 36.0 Å². The van der Waals surface area contributed by atoms with E-state index in [0.29, 0.717) is 37.0 Å². The third-order valence-corrected chi connectivity index (χ3v) is 7.39. The minimum Gasteiger partial charge on any atom is -0.327 e. The molecule has 0 aliphatic carbocycles. The van der Waals surface area contributed by atoms with E-state index in [1.807, 2.05) is 70.1 Å². The van der Waals surface area contributed by atoms with E-state index >= 15 is 4.39 Å². The fourth-order valence-corrected chi connectivity index (χ4v) is 5.03. The summed E-state index contributed by atoms with van der Waals surface area (Å²) in [7, 11) is 3.71. The lowest BCUT2D eigenvalue weighted by Gasteiger charge is -2.50. The summed E-state index contributed by atoms with van der Waals surface area (Å²) in [6, 6.07) is 9.51. The zero-order valence-electron chi connectivity index (χ0n) is 21.5. The van der Waals surface area contributed by atoms with E-state index in [-0.39, 0.29) is 18.0 Å². The van der Waals surface area contributed by atoms with Gasteiger partial charge in [0.05, 0.1) is 6.54 Å². The van der Waals surface area contributed by atoms with Gasteiger partial charge in [-0.3, -0.25) is 14.8 Å². The van der Waals surface area contributed by atoms with Crippen LogP contribution in [0.3, 0.4) is 0 Å². The molecule has 36 heavy (non-hydrogen) atoms. The molecule has 194 valence electrons. The molecule has 0 radical (unpaired) electrons. The predicted molar refractivity (Wildman–Crippen MR) is 145 cm³/mol. The van der Waals surface area contributed by atoms with Crippen molar-refractivity contribution in [2.75, 3.05) is 44.4 Å². The number of likely N-dealkylation sites (tertiary alicyclic amines) is 1. The zero-order valence-corrected chi connectivity index (χ0v) is 22.3. The molecule has 2 aromatic rings. The molecule has 3 heterocycles. The van der Waals surface area contributed by atoms with Crippen molar-refractivity contribution in [1.29, 1.82) is 0 Å². The van der Waals surface area contributed by atoms with Crippen molar-refractivity contribution < 1.29 is 9.18 Å². The number of aryl methyl sites for hydroxylation is 1. The smallest absolute Gasteiger partial charge is 0.238 e. The average molecular weight is 515 g/mol. The molecule has 0 spiro atoms. The number of alkyl halides is 1. The molecular formula is C25H35FN8OS. The molecule has 1 fully saturated rings. The second-order valence-electron chi connectivity index (χ2n) is 9.88. The van der Waals surface area contributed by atoms with E-state index in [1.54, 1.807) is 0 Å². The monoisotopic (exact) mass is 514 g/mol. The van der Waals surface area contributed by atoms with Crippen LogP contribution in [0.4, 0.5) is 15.9 Å². The maximum atomic E-state index is 15.2. The average Bonchev–Trinajstić information content (AvgIpc) is 3.21. The number of anilines is 2. The van der Waals surface area contributed by atoms with Gasteiger partial charge in [0.25, 0.3) is 0 Å². The molecule has 0 saturated carbocycles. The first-order chi connectivity index (χ1) is 17.1. The summed E-state index contributed by atoms with van der Waals surface area (Å²) in [6.45, 7) is 7.02. The third kappa shape index (κ3) is 6.51. The number of aliphatic imine (C=N–C) groups is 2. The quantitative estimate of drug-likeness (QED) is 0.493. The molecule has 3 N–H and O–H groups in total. The Labute approximate surface area is 216 Å². The largest absolute Gasteiger partial charge is 0.327 e. The minimum atomic E-state index is -1.16. The first kappa shape index (κ1) is 26.3. The number of rotatable bonds is 8. The molecule has 1 aromatic heterocycles. The van der Waals surface area contributed by atoms with Gasteiger partial charge in [0.2, 0.25) is 5.91 Å². The van der Waals surface area contributed by atoms with Gasteiger partial charge in [0.1, 0.15) is 17.7 Å². The van der Waals surface area contributed by atoms with Crippen LogP contribution in [0.2, 0.25) is 0 Å². The maximum Gasteiger partial charge on any atom is 0.238 e. The lowest BCUT2D eigenvalue weighted by atomic mass is 9.81. The Bertz CT molecular complexity index is 1120. The number of likely N-dealkylation sites (N-methyl/N-ethyl adjacent to an activating group) is 1. The summed E-state index contributed by atoms with van der Waals surface area (Å²) < 4.78 is 15.2. The van der Waals surface area contributed by atoms with Crippen molar-refractivity contribution in [2.45, 2.75) is 50.3 Å². The Morgan fingerprint density at radius 3 is 2.67 bits per heavy atom. The van der Waals surface area contributed by atoms with Crippen LogP contribution in [-0.2, 0) is 4.79 Å². The summed E-state index contributed by atoms with van der Waals surface area (Å²) >= 11 is 1.44. The number of H-pyrrole nitrogens is 1. The number of carbonyl (C=O) groups is 1. The van der Waals surface area contributed by atoms with E-state index in [1.165, 1.54) is 11.8 Å². The SMILES string of the molecule is CCC(C)C1(F)CN(C2CC(Nc3cc(C)[nH]n3)=NC(Sc3ccc(NC(=O)CN(C)C)cc3)=N2)C1. The van der Waals surface area contributed by atoms with Crippen LogP contribution in [0, 0.1) is 12.8 Å². The number of nitrogens with one attached hydrogen (secondary N) is 3. The standard InChI is InChI=1S/C25H35FN8OS/c1-6-16(2)25(26)14-34(15-25)22-12-20(28-21-11-17(3)31-32-21)29-24(30-22)36-19-9-7-18(8-10-19)27-23(35)13-33(4)5/h7-11,16,22H,6,12-15H2,1-5H3,(H,27,35)(H2,28,29,30,31,32). The number of halogens is 1. The first-order valence-corrected chi connectivity index (χ1v) is 13.0. The van der Waals surface area contributed by atoms with E-state index in [9.17, 15) is 4.79 Å². The van der Waals surface area contributed by atoms with Gasteiger partial charge in [-0.2, -0.15) is 5.10 Å². The molecule has 2 atom stereocenters. The first-order valence-electron chi connectivity index (χ1n) is 12.2. The number of aromatic amines is 1. The van der Waals surface area contributed by atoms with Crippen LogP contribution in [0.15, 0.2) is 45.2 Å². The third-order valence-electron chi connectivity index (χ3n) is 6.50. The molecule has 1 amide bonds. The number of amides is 1. The van der Waals surface area contributed by atoms with Crippen LogP contribution in [0.25, 0.3) is 0 Å². The number of nitrogens with zero attached hydrogens (tertiary/aromatic N) is 5. The van der Waals surface area contributed by atoms with Gasteiger partial charge in [-0.05, 0) is 51.2 Å². The number of amidine groups is 2. The molecule has 4 rings (SSSR count). The van der Waals surface area contributed by atoms with E-state index in [0.717, 1.165) is 28.5 Å². The van der Waals surface area contributed by atoms with Gasteiger partial charge < -0.3 is 15.5 Å². The Morgan fingerprint density at radius 1 is 1.33 bits per heavy atom. The van der Waals surface area contributed by atoms with Crippen LogP contribution in [0.1, 0.15) is 32.4 Å². The highest BCUT2D eigenvalue weighted by Crippen LogP contribution is 2.38. The summed E-state index contributed by atoms with van der Waals surface area (Å²) in [4.78, 5) is 26.5. The predicted octanol–water partition coefficient (Wildman–Crippen LogP) is 3.98. The zero-order chi connectivity index (χ0) is 25.9. The molecule has 11 heteroatoms. The lowest BCUT2D eigenvalue weighted by Crippen LogP contribution is -2.65. The van der Waals surface area contributed by atoms with Crippen molar-refractivity contribution in [3.8, 4) is 0 Å². The Kier molecular flexibility index (Phi) is 8.11. The number of hydrogen-bond donors (Lipinski definition) is 3. The second-order valence-corrected chi connectivity index (χ2v) is 10.9. The molecular weight excluding hydrogens is 479 g/mol. The summed E-state index contributed by atoms with van der Waals surface area (Å²) in [5, 5.41) is 14.0. The van der Waals surface area contributed by atoms with Crippen LogP contribution >= 0.6 is 11.8 Å². The highest BCUT2D eigenvalue weighted by atomic mass is 32.2. The van der Waals surface area contributed by atoms with Crippen LogP contribution in [-0.4, -0.2) is 82.5 Å². The van der Waals surface area contributed by atoms with Gasteiger partial charge in [0.15, 0.2) is 11.0 Å². The van der Waals surface area contributed by atoms with Crippen LogP contribution < -0.4 is 10.6 Å². The molecule has 2 unspecified atom stereocenters. The lowest BCUT2D eigenvalue weighted by molar-refractivity contribution is -0.116. The highest BCUT2D eigenvalue weighted by Gasteiger charge is 2.49. The summed E-state index contributed by atoms with van der Waals surface area (Å²) in [5.41, 5.74) is 0.524. The fraction of sp³-hybridized carbons (Fsp3) is 0.520. The van der Waals surface area contributed by atoms with Gasteiger partial charge in [-0.25, -0.2) is 14.4 Å². The molecule has 2 aliphatic heterocycles. The number of carbonyl (C=O) groups excluding carboxylic acids is 1. The number of aromatic nitrogens is 2. The number of thioether (sulfide) groups is 1. The summed E-state index contributed by atoms with van der Waals surface area (Å²) in [5.74, 6) is 1.39. The van der Waals surface area contributed by atoms with Crippen molar-refractivity contribution >= 4 is 40.2 Å². The van der Waals surface area contributed by atoms with Gasteiger partial charge >= 0.3 is 0 Å². The molecule has 1 saturated heterocycles. The number of benzene rings is 1. The summed E-state index contributed by atoms with van der Waals surface area (Å²) in [6.07, 6.45) is 1.19. The molecule has 2 aliphatic rings. The van der Waals surface area contributed by atoms with Crippen LogP contribution in [0.5, 0.6) is 0 Å². The Morgan fingerprint density at radius 2 is 2.06 bits per heavy atom. The Balaban J connectivity index is 1.46. The van der Waals surface area contributed by atoms with E-state index in [2.05, 4.69) is 25.7 Å². The van der Waals surface area contributed by atoms with Gasteiger partial charge in [0, 0.05) is 41.9 Å². The molecule has 1 aromatic carbocycles. The second kappa shape index (κ2) is 11.1. The molecule has 9 nitrogen and oxygen atoms in total. The maximum absolute atomic E-state index is 15.2. The Hall–Kier alpha value is -2.76. The molecule has 0 bridgehead atoms. The van der Waals surface area contributed by atoms with Gasteiger partial charge in [-0.15, -0.1) is 0 Å². The van der Waals surface area contributed by atoms with E-state index < -0.39 is 5.67 Å². The highest BCUT2D eigenvalue weighted by molar-refractivity contribution is 8.14. The topological polar surface area (TPSA) is 101 Å². The minimum absolute atomic E-state index is 0.0187. The number of hydrogen-bond acceptors (Lipinski definition) is 8. The normalized spacial score (nSPS) is 20.4. The van der Waals surface area contributed by atoms with Crippen molar-refractivity contribution in [3.63, 3.8) is 0 Å². The van der Waals surface area contributed by atoms with Crippen molar-refractivity contribution in [2.24, 2.45) is 15.9 Å². The fourth-order valence-electron chi connectivity index (χ4n) is 4.22. The van der Waals surface area contributed by atoms with E-state index in [4.69, 9.17) is 9.98 Å². The van der Waals surface area contributed by atoms with Crippen molar-refractivity contribution in [1.82, 2.24) is 20.0 Å². The van der Waals surface area contributed by atoms with Gasteiger partial charge in [-0.1, -0.05) is 32.0 Å².